The second-order valence-corrected chi connectivity index (χ2v) is 4.58. The number of fused-ring (bicyclic) bond motifs is 1. The monoisotopic (exact) mass is 162 g/mol. The number of hydrogen-bond donors (Lipinski definition) is 0. The Labute approximate surface area is 75.7 Å². The van der Waals surface area contributed by atoms with Crippen LogP contribution in [-0.2, 0) is 0 Å². The van der Waals surface area contributed by atoms with Crippen molar-refractivity contribution in [1.82, 2.24) is 0 Å². The van der Waals surface area contributed by atoms with Crippen molar-refractivity contribution in [2.45, 2.75) is 39.5 Å². The summed E-state index contributed by atoms with van der Waals surface area (Å²) < 4.78 is 0. The molecule has 2 aliphatic rings. The fourth-order valence-corrected chi connectivity index (χ4v) is 2.93. The number of hydrogen-bond acceptors (Lipinski definition) is 0. The van der Waals surface area contributed by atoms with Gasteiger partial charge in [-0.2, -0.15) is 0 Å². The first-order valence-electron chi connectivity index (χ1n) is 5.26. The molecule has 0 aliphatic heterocycles. The summed E-state index contributed by atoms with van der Waals surface area (Å²) in [6, 6.07) is 0. The highest BCUT2D eigenvalue weighted by atomic mass is 14.5. The van der Waals surface area contributed by atoms with Crippen molar-refractivity contribution < 1.29 is 0 Å². The minimum Gasteiger partial charge on any atom is -0.103 e. The van der Waals surface area contributed by atoms with Gasteiger partial charge < -0.3 is 0 Å². The van der Waals surface area contributed by atoms with Gasteiger partial charge in [-0.15, -0.1) is 11.8 Å². The second-order valence-electron chi connectivity index (χ2n) is 4.58. The fraction of sp³-hybridized carbons (Fsp3) is 0.833. The summed E-state index contributed by atoms with van der Waals surface area (Å²) in [5.74, 6) is 10.5. The molecule has 2 aliphatic carbocycles. The lowest BCUT2D eigenvalue weighted by atomic mass is 10.0. The Balaban J connectivity index is 1.95. The largest absolute Gasteiger partial charge is 0.103 e. The summed E-state index contributed by atoms with van der Waals surface area (Å²) in [6.45, 7) is 4.74. The Kier molecular flexibility index (Phi) is 2.13. The van der Waals surface area contributed by atoms with E-state index in [-0.39, 0.29) is 0 Å². The van der Waals surface area contributed by atoms with Crippen molar-refractivity contribution in [3.05, 3.63) is 0 Å². The van der Waals surface area contributed by atoms with Gasteiger partial charge >= 0.3 is 0 Å². The maximum atomic E-state index is 3.25. The molecular weight excluding hydrogens is 144 g/mol. The van der Waals surface area contributed by atoms with Gasteiger partial charge in [0.15, 0.2) is 0 Å². The van der Waals surface area contributed by atoms with Crippen LogP contribution in [0.5, 0.6) is 0 Å². The van der Waals surface area contributed by atoms with Crippen LogP contribution in [0.4, 0.5) is 0 Å². The number of rotatable bonds is 1. The molecule has 0 N–H and O–H groups in total. The highest BCUT2D eigenvalue weighted by Gasteiger charge is 2.49. The van der Waals surface area contributed by atoms with E-state index in [9.17, 15) is 0 Å². The van der Waals surface area contributed by atoms with Crippen molar-refractivity contribution in [1.29, 1.82) is 0 Å². The van der Waals surface area contributed by atoms with Crippen LogP contribution in [0.15, 0.2) is 0 Å². The van der Waals surface area contributed by atoms with Crippen LogP contribution >= 0.6 is 0 Å². The van der Waals surface area contributed by atoms with Crippen LogP contribution in [0.1, 0.15) is 39.5 Å². The Bertz CT molecular complexity index is 198. The molecule has 2 rings (SSSR count). The molecule has 0 aromatic rings. The Morgan fingerprint density at radius 2 is 1.50 bits per heavy atom. The van der Waals surface area contributed by atoms with E-state index in [0.717, 1.165) is 36.5 Å². The van der Waals surface area contributed by atoms with E-state index in [1.807, 2.05) is 0 Å². The Morgan fingerprint density at radius 1 is 1.00 bits per heavy atom. The molecule has 1 fully saturated rings. The lowest BCUT2D eigenvalue weighted by molar-refractivity contribution is 0.491. The van der Waals surface area contributed by atoms with E-state index in [2.05, 4.69) is 25.7 Å². The molecule has 0 nitrogen and oxygen atoms in total. The molecule has 66 valence electrons. The molecule has 0 heterocycles. The summed E-state index contributed by atoms with van der Waals surface area (Å²) in [6.07, 6.45) is 5.07. The fourth-order valence-electron chi connectivity index (χ4n) is 2.93. The third kappa shape index (κ3) is 1.38. The lowest BCUT2D eigenvalue weighted by Gasteiger charge is -2.00. The van der Waals surface area contributed by atoms with Crippen LogP contribution in [0.25, 0.3) is 0 Å². The van der Waals surface area contributed by atoms with Crippen LogP contribution in [0.2, 0.25) is 0 Å². The molecule has 0 aromatic heterocycles. The smallest absolute Gasteiger partial charge is 0.00915 e. The van der Waals surface area contributed by atoms with Crippen LogP contribution in [0, 0.1) is 35.5 Å². The predicted molar refractivity (Wildman–Crippen MR) is 51.6 cm³/mol. The normalized spacial score (nSPS) is 39.1. The van der Waals surface area contributed by atoms with E-state index in [1.165, 1.54) is 12.8 Å². The van der Waals surface area contributed by atoms with Crippen molar-refractivity contribution in [2.24, 2.45) is 23.7 Å². The third-order valence-electron chi connectivity index (χ3n) is 3.50. The molecule has 0 heteroatoms. The molecule has 1 saturated carbocycles. The molecule has 0 bridgehead atoms. The van der Waals surface area contributed by atoms with Crippen LogP contribution < -0.4 is 0 Å². The van der Waals surface area contributed by atoms with E-state index in [4.69, 9.17) is 0 Å². The van der Waals surface area contributed by atoms with Crippen LogP contribution in [0.3, 0.4) is 0 Å². The van der Waals surface area contributed by atoms with Gasteiger partial charge in [-0.25, -0.2) is 0 Å². The van der Waals surface area contributed by atoms with Gasteiger partial charge in [0.1, 0.15) is 0 Å². The Hall–Kier alpha value is -0.440. The van der Waals surface area contributed by atoms with Gasteiger partial charge in [0.25, 0.3) is 0 Å². The maximum Gasteiger partial charge on any atom is 0.00915 e. The van der Waals surface area contributed by atoms with Gasteiger partial charge in [0.2, 0.25) is 0 Å². The Morgan fingerprint density at radius 3 is 1.92 bits per heavy atom. The second kappa shape index (κ2) is 3.13. The third-order valence-corrected chi connectivity index (χ3v) is 3.50. The minimum atomic E-state index is 0.901. The van der Waals surface area contributed by atoms with Crippen molar-refractivity contribution in [3.63, 3.8) is 0 Å². The van der Waals surface area contributed by atoms with Crippen molar-refractivity contribution >= 4 is 0 Å². The first kappa shape index (κ1) is 8.17. The van der Waals surface area contributed by atoms with E-state index < -0.39 is 0 Å². The molecule has 12 heavy (non-hydrogen) atoms. The van der Waals surface area contributed by atoms with Crippen molar-refractivity contribution in [3.8, 4) is 11.8 Å². The molecule has 2 unspecified atom stereocenters. The summed E-state index contributed by atoms with van der Waals surface area (Å²) >= 11 is 0. The van der Waals surface area contributed by atoms with Crippen molar-refractivity contribution in [2.75, 3.05) is 0 Å². The zero-order chi connectivity index (χ0) is 8.55. The highest BCUT2D eigenvalue weighted by Crippen LogP contribution is 2.55. The maximum absolute atomic E-state index is 3.25. The van der Waals surface area contributed by atoms with E-state index >= 15 is 0 Å². The average Bonchev–Trinajstić information content (AvgIpc) is 2.60. The van der Waals surface area contributed by atoms with Gasteiger partial charge in [-0.05, 0) is 36.5 Å². The molecule has 0 spiro atoms. The minimum absolute atomic E-state index is 0.901. The topological polar surface area (TPSA) is 0 Å². The molecule has 2 atom stereocenters. The quantitative estimate of drug-likeness (QED) is 0.520. The van der Waals surface area contributed by atoms with E-state index in [1.54, 1.807) is 0 Å². The summed E-state index contributed by atoms with van der Waals surface area (Å²) in [5.41, 5.74) is 0. The highest BCUT2D eigenvalue weighted by molar-refractivity contribution is 5.08. The van der Waals surface area contributed by atoms with Gasteiger partial charge in [0, 0.05) is 12.8 Å². The first-order valence-corrected chi connectivity index (χ1v) is 5.26. The van der Waals surface area contributed by atoms with Gasteiger partial charge in [-0.3, -0.25) is 0 Å². The molecule has 0 radical (unpaired) electrons. The first-order chi connectivity index (χ1) is 5.80. The molecule has 0 aromatic carbocycles. The lowest BCUT2D eigenvalue weighted by Crippen LogP contribution is -1.93. The molecular formula is C12H18. The standard InChI is InChI=1S/C12H18/c1-9(2)12-10-7-5-3-4-6-8-11(10)12/h9-12H,5-8H2,1-2H3. The van der Waals surface area contributed by atoms with Crippen LogP contribution in [-0.4, -0.2) is 0 Å². The zero-order valence-electron chi connectivity index (χ0n) is 8.14. The SMILES string of the molecule is CC(C)C1C2CCC#CCCC21. The molecule has 0 amide bonds. The summed E-state index contributed by atoms with van der Waals surface area (Å²) in [7, 11) is 0. The predicted octanol–water partition coefficient (Wildman–Crippen LogP) is 3.08. The van der Waals surface area contributed by atoms with E-state index in [0.29, 0.717) is 0 Å². The summed E-state index contributed by atoms with van der Waals surface area (Å²) in [4.78, 5) is 0. The zero-order valence-corrected chi connectivity index (χ0v) is 8.14. The van der Waals surface area contributed by atoms with Gasteiger partial charge in [-0.1, -0.05) is 13.8 Å². The average molecular weight is 162 g/mol. The molecule has 0 saturated heterocycles. The summed E-state index contributed by atoms with van der Waals surface area (Å²) in [5, 5.41) is 0. The van der Waals surface area contributed by atoms with Gasteiger partial charge in [0.05, 0.1) is 0 Å².